The second kappa shape index (κ2) is 2.99. The van der Waals surface area contributed by atoms with Crippen LogP contribution in [0.2, 0.25) is 0 Å². The number of carboxylic acid groups (broad SMARTS) is 1. The molecule has 10 heavy (non-hydrogen) atoms. The predicted molar refractivity (Wildman–Crippen MR) is 33.0 cm³/mol. The monoisotopic (exact) mass is 141 g/mol. The first-order valence-corrected chi connectivity index (χ1v) is 2.54. The third-order valence-corrected chi connectivity index (χ3v) is 0.979. The van der Waals surface area contributed by atoms with Crippen molar-refractivity contribution in [2.24, 2.45) is 0 Å². The van der Waals surface area contributed by atoms with E-state index in [0.29, 0.717) is 0 Å². The van der Waals surface area contributed by atoms with Crippen LogP contribution in [0.1, 0.15) is 6.42 Å². The van der Waals surface area contributed by atoms with Gasteiger partial charge in [-0.1, -0.05) is 6.08 Å². The zero-order valence-electron chi connectivity index (χ0n) is 5.24. The number of rotatable bonds is 3. The Morgan fingerprint density at radius 1 is 1.90 bits per heavy atom. The maximum Gasteiger partial charge on any atom is 0.351 e. The lowest BCUT2D eigenvalue weighted by Gasteiger charge is -2.10. The number of hydrogen-bond acceptors (Lipinski definition) is 3. The second-order valence-corrected chi connectivity index (χ2v) is 1.77. The number of nitrogens with zero attached hydrogens (tertiary/aromatic N) is 1. The molecule has 54 valence electrons. The molecule has 0 bridgehead atoms. The Hall–Kier alpha value is -1.34. The van der Waals surface area contributed by atoms with Gasteiger partial charge in [-0.05, 0) is 0 Å². The maximum absolute atomic E-state index is 10.1. The summed E-state index contributed by atoms with van der Waals surface area (Å²) >= 11 is 0. The number of hydrogen-bond donors (Lipinski definition) is 2. The SMILES string of the molecule is C=CCC(O)(C#N)C(=O)O. The topological polar surface area (TPSA) is 81.3 Å². The van der Waals surface area contributed by atoms with E-state index < -0.39 is 11.6 Å². The van der Waals surface area contributed by atoms with E-state index in [-0.39, 0.29) is 6.42 Å². The Bertz CT molecular complexity index is 194. The summed E-state index contributed by atoms with van der Waals surface area (Å²) < 4.78 is 0. The third-order valence-electron chi connectivity index (χ3n) is 0.979. The fraction of sp³-hybridized carbons (Fsp3) is 0.333. The minimum atomic E-state index is -2.30. The number of aliphatic hydroxyl groups is 1. The molecule has 1 unspecified atom stereocenters. The molecule has 0 aliphatic rings. The molecular weight excluding hydrogens is 134 g/mol. The molecule has 4 nitrogen and oxygen atoms in total. The smallest absolute Gasteiger partial charge is 0.351 e. The Balaban J connectivity index is 4.42. The molecule has 0 saturated heterocycles. The quantitative estimate of drug-likeness (QED) is 0.424. The molecule has 0 aliphatic carbocycles. The van der Waals surface area contributed by atoms with Gasteiger partial charge in [0.25, 0.3) is 5.60 Å². The fourth-order valence-electron chi connectivity index (χ4n) is 0.390. The van der Waals surface area contributed by atoms with Gasteiger partial charge < -0.3 is 10.2 Å². The van der Waals surface area contributed by atoms with Crippen molar-refractivity contribution in [1.29, 1.82) is 5.26 Å². The third kappa shape index (κ3) is 1.57. The van der Waals surface area contributed by atoms with Gasteiger partial charge in [0.2, 0.25) is 0 Å². The lowest BCUT2D eigenvalue weighted by atomic mass is 10.0. The average molecular weight is 141 g/mol. The van der Waals surface area contributed by atoms with E-state index in [4.69, 9.17) is 15.5 Å². The van der Waals surface area contributed by atoms with E-state index in [9.17, 15) is 4.79 Å². The molecule has 0 heterocycles. The van der Waals surface area contributed by atoms with Crippen molar-refractivity contribution in [3.8, 4) is 6.07 Å². The molecule has 0 aromatic carbocycles. The lowest BCUT2D eigenvalue weighted by Crippen LogP contribution is -2.35. The van der Waals surface area contributed by atoms with Gasteiger partial charge in [0.1, 0.15) is 6.07 Å². The zero-order chi connectivity index (χ0) is 8.20. The molecule has 0 aromatic rings. The van der Waals surface area contributed by atoms with Crippen LogP contribution in [0.25, 0.3) is 0 Å². The van der Waals surface area contributed by atoms with Gasteiger partial charge in [-0.3, -0.25) is 0 Å². The molecule has 0 aromatic heterocycles. The van der Waals surface area contributed by atoms with Gasteiger partial charge in [-0.2, -0.15) is 5.26 Å². The molecular formula is C6H7NO3. The molecule has 4 heteroatoms. The molecule has 0 amide bonds. The van der Waals surface area contributed by atoms with Crippen LogP contribution in [-0.4, -0.2) is 21.8 Å². The Morgan fingerprint density at radius 2 is 2.40 bits per heavy atom. The summed E-state index contributed by atoms with van der Waals surface area (Å²) in [5, 5.41) is 25.3. The van der Waals surface area contributed by atoms with Crippen molar-refractivity contribution in [2.75, 3.05) is 0 Å². The van der Waals surface area contributed by atoms with Crippen LogP contribution in [0.3, 0.4) is 0 Å². The zero-order valence-corrected chi connectivity index (χ0v) is 5.24. The number of carboxylic acids is 1. The average Bonchev–Trinajstić information content (AvgIpc) is 1.88. The molecule has 0 fully saturated rings. The van der Waals surface area contributed by atoms with Crippen LogP contribution in [0.15, 0.2) is 12.7 Å². The summed E-state index contributed by atoms with van der Waals surface area (Å²) in [6, 6.07) is 1.26. The van der Waals surface area contributed by atoms with Gasteiger partial charge in [0.05, 0.1) is 0 Å². The van der Waals surface area contributed by atoms with Crippen LogP contribution in [-0.2, 0) is 4.79 Å². The lowest BCUT2D eigenvalue weighted by molar-refractivity contribution is -0.152. The van der Waals surface area contributed by atoms with Crippen molar-refractivity contribution < 1.29 is 15.0 Å². The molecule has 0 aliphatic heterocycles. The van der Waals surface area contributed by atoms with Gasteiger partial charge in [-0.15, -0.1) is 6.58 Å². The van der Waals surface area contributed by atoms with Gasteiger partial charge >= 0.3 is 5.97 Å². The minimum absolute atomic E-state index is 0.265. The first-order chi connectivity index (χ1) is 4.56. The first kappa shape index (κ1) is 8.66. The number of aliphatic carboxylic acids is 1. The van der Waals surface area contributed by atoms with E-state index >= 15 is 0 Å². The largest absolute Gasteiger partial charge is 0.478 e. The van der Waals surface area contributed by atoms with Crippen LogP contribution in [0, 0.1) is 11.3 Å². The molecule has 0 radical (unpaired) electrons. The highest BCUT2D eigenvalue weighted by atomic mass is 16.4. The summed E-state index contributed by atoms with van der Waals surface area (Å²) in [5.41, 5.74) is -2.30. The Morgan fingerprint density at radius 3 is 2.50 bits per heavy atom. The highest BCUT2D eigenvalue weighted by Crippen LogP contribution is 2.08. The van der Waals surface area contributed by atoms with Crippen molar-refractivity contribution in [1.82, 2.24) is 0 Å². The van der Waals surface area contributed by atoms with Crippen LogP contribution in [0.4, 0.5) is 0 Å². The summed E-state index contributed by atoms with van der Waals surface area (Å²) in [7, 11) is 0. The van der Waals surface area contributed by atoms with Gasteiger partial charge in [0.15, 0.2) is 0 Å². The summed E-state index contributed by atoms with van der Waals surface area (Å²) in [6.07, 6.45) is 0.913. The van der Waals surface area contributed by atoms with Crippen molar-refractivity contribution >= 4 is 5.97 Å². The molecule has 2 N–H and O–H groups in total. The molecule has 0 spiro atoms. The standard InChI is InChI=1S/C6H7NO3/c1-2-3-6(10,4-7)5(8)9/h2,10H,1,3H2,(H,8,9). The van der Waals surface area contributed by atoms with Crippen molar-refractivity contribution in [3.63, 3.8) is 0 Å². The van der Waals surface area contributed by atoms with Crippen LogP contribution in [0.5, 0.6) is 0 Å². The summed E-state index contributed by atoms with van der Waals surface area (Å²) in [4.78, 5) is 10.1. The highest BCUT2D eigenvalue weighted by Gasteiger charge is 2.34. The van der Waals surface area contributed by atoms with Gasteiger partial charge in [-0.25, -0.2) is 4.79 Å². The fourth-order valence-corrected chi connectivity index (χ4v) is 0.390. The van der Waals surface area contributed by atoms with Crippen molar-refractivity contribution in [2.45, 2.75) is 12.0 Å². The second-order valence-electron chi connectivity index (χ2n) is 1.77. The molecule has 0 saturated carbocycles. The predicted octanol–water partition coefficient (Wildman–Crippen LogP) is -0.0982. The Labute approximate surface area is 58.0 Å². The van der Waals surface area contributed by atoms with E-state index in [1.165, 1.54) is 12.1 Å². The van der Waals surface area contributed by atoms with E-state index in [1.54, 1.807) is 0 Å². The number of carbonyl (C=O) groups is 1. The van der Waals surface area contributed by atoms with E-state index in [2.05, 4.69) is 6.58 Å². The van der Waals surface area contributed by atoms with Crippen LogP contribution >= 0.6 is 0 Å². The van der Waals surface area contributed by atoms with Crippen molar-refractivity contribution in [3.05, 3.63) is 12.7 Å². The minimum Gasteiger partial charge on any atom is -0.478 e. The summed E-state index contributed by atoms with van der Waals surface area (Å²) in [5.74, 6) is -1.55. The van der Waals surface area contributed by atoms with Crippen LogP contribution < -0.4 is 0 Å². The molecule has 0 rings (SSSR count). The normalized spacial score (nSPS) is 14.8. The van der Waals surface area contributed by atoms with E-state index in [0.717, 1.165) is 0 Å². The first-order valence-electron chi connectivity index (χ1n) is 2.54. The number of nitriles is 1. The highest BCUT2D eigenvalue weighted by molar-refractivity contribution is 5.80. The summed E-state index contributed by atoms with van der Waals surface area (Å²) in [6.45, 7) is 3.20. The molecule has 1 atom stereocenters. The Kier molecular flexibility index (Phi) is 2.59. The van der Waals surface area contributed by atoms with Gasteiger partial charge in [0, 0.05) is 6.42 Å². The maximum atomic E-state index is 10.1. The van der Waals surface area contributed by atoms with E-state index in [1.807, 2.05) is 0 Å².